The van der Waals surface area contributed by atoms with E-state index in [1.807, 2.05) is 43.9 Å². The molecule has 20 nitrogen and oxygen atoms in total. The van der Waals surface area contributed by atoms with Gasteiger partial charge in [0.2, 0.25) is 11.8 Å². The van der Waals surface area contributed by atoms with Gasteiger partial charge in [-0.1, -0.05) is 56.3 Å². The number of aliphatic hydroxyl groups excluding tert-OH is 1. The number of hydrogen-bond acceptors (Lipinski definition) is 17. The molecule has 3 amide bonds. The molecule has 6 aromatic rings. The van der Waals surface area contributed by atoms with Crippen molar-refractivity contribution in [3.8, 4) is 29.1 Å². The van der Waals surface area contributed by atoms with E-state index in [9.17, 15) is 29.9 Å². The van der Waals surface area contributed by atoms with E-state index in [0.29, 0.717) is 91.7 Å². The lowest BCUT2D eigenvalue weighted by molar-refractivity contribution is -0.141. The Kier molecular flexibility index (Phi) is 15.1. The third kappa shape index (κ3) is 10.5. The molecular formula is C61H71FN12O8. The number of carbonyl (C=O) groups is 3. The van der Waals surface area contributed by atoms with Gasteiger partial charge in [-0.15, -0.1) is 0 Å². The molecule has 9 heterocycles. The van der Waals surface area contributed by atoms with E-state index in [-0.39, 0.29) is 78.5 Å². The molecule has 430 valence electrons. The van der Waals surface area contributed by atoms with Gasteiger partial charge in [-0.3, -0.25) is 19.5 Å². The quantitative estimate of drug-likeness (QED) is 0.0812. The number of phenols is 1. The first-order chi connectivity index (χ1) is 39.7. The largest absolute Gasteiger partial charge is 0.508 e. The van der Waals surface area contributed by atoms with Crippen molar-refractivity contribution < 1.29 is 43.0 Å². The Hall–Kier alpha value is -7.67. The van der Waals surface area contributed by atoms with Crippen LogP contribution < -0.4 is 25.2 Å². The first-order valence-electron chi connectivity index (χ1n) is 29.1. The minimum absolute atomic E-state index is 0.00413. The number of halogens is 1. The number of aryl methyl sites for hydroxylation is 1. The highest BCUT2D eigenvalue weighted by molar-refractivity contribution is 6.02. The number of nitriles is 1. The molecule has 82 heavy (non-hydrogen) atoms. The molecule has 21 heteroatoms. The van der Waals surface area contributed by atoms with E-state index in [1.165, 1.54) is 4.90 Å². The summed E-state index contributed by atoms with van der Waals surface area (Å²) in [5.41, 5.74) is 2.70. The highest BCUT2D eigenvalue weighted by Crippen LogP contribution is 2.44. The summed E-state index contributed by atoms with van der Waals surface area (Å²) in [4.78, 5) is 66.0. The number of nitrogens with one attached hydrogen (secondary N) is 2. The van der Waals surface area contributed by atoms with Crippen molar-refractivity contribution in [1.82, 2.24) is 45.4 Å². The number of rotatable bonds is 15. The molecular weight excluding hydrogens is 1050 g/mol. The fraction of sp³-hybridized carbons (Fsp3) is 0.508. The van der Waals surface area contributed by atoms with Gasteiger partial charge in [0.15, 0.2) is 17.4 Å². The first-order valence-corrected chi connectivity index (χ1v) is 29.1. The van der Waals surface area contributed by atoms with Crippen LogP contribution in [0.2, 0.25) is 0 Å². The summed E-state index contributed by atoms with van der Waals surface area (Å²) >= 11 is 0. The number of piperazine rings is 2. The molecule has 0 saturated carbocycles. The molecule has 0 spiro atoms. The number of hydrogen-bond donors (Lipinski definition) is 4. The smallest absolute Gasteiger partial charge is 0.409 e. The summed E-state index contributed by atoms with van der Waals surface area (Å²) in [5, 5.41) is 43.9. The van der Waals surface area contributed by atoms with Crippen LogP contribution in [0.25, 0.3) is 32.9 Å². The monoisotopic (exact) mass is 1120 g/mol. The van der Waals surface area contributed by atoms with Crippen LogP contribution >= 0.6 is 0 Å². The van der Waals surface area contributed by atoms with E-state index < -0.39 is 36.0 Å². The zero-order valence-electron chi connectivity index (χ0n) is 46.9. The van der Waals surface area contributed by atoms with Crippen LogP contribution in [-0.4, -0.2) is 164 Å². The molecule has 6 fully saturated rings. The Morgan fingerprint density at radius 2 is 1.74 bits per heavy atom. The molecule has 12 rings (SSSR count). The zero-order chi connectivity index (χ0) is 57.0. The summed E-state index contributed by atoms with van der Waals surface area (Å²) in [5.74, 6) is -0.820. The zero-order valence-corrected chi connectivity index (χ0v) is 46.9. The maximum atomic E-state index is 17.3. The predicted octanol–water partition coefficient (Wildman–Crippen LogP) is 6.97. The van der Waals surface area contributed by atoms with E-state index in [4.69, 9.17) is 28.9 Å². The van der Waals surface area contributed by atoms with Gasteiger partial charge in [0, 0.05) is 88.2 Å². The number of ether oxygens (including phenoxy) is 2. The number of pyridine rings is 1. The molecule has 4 N–H and O–H groups in total. The molecule has 0 radical (unpaired) electrons. The SMILES string of the molecule is CCc1cccc2cc(O)cc(-c3ncc4c(N5CC6CCC(C5)N6)nc(OC[C@]56CCCN5[C@H](COC(=O)N5CCN(c7cc(C(C(=O)N8C[C@H](O)C[C@H]8C(=O)NC(C)c8ccc(C#N)cc8)C(C)C)on7)CC5)CC6)nc4c3F)c12. The van der Waals surface area contributed by atoms with Gasteiger partial charge in [-0.2, -0.15) is 15.2 Å². The van der Waals surface area contributed by atoms with Crippen LogP contribution in [0.4, 0.5) is 20.8 Å². The molecule has 0 aliphatic carbocycles. The van der Waals surface area contributed by atoms with Crippen molar-refractivity contribution in [2.45, 2.75) is 127 Å². The summed E-state index contributed by atoms with van der Waals surface area (Å²) in [6, 6.07) is 19.3. The Bertz CT molecular complexity index is 3430. The average Bonchev–Trinajstić information content (AvgIpc) is 4.42. The van der Waals surface area contributed by atoms with E-state index in [1.54, 1.807) is 53.6 Å². The van der Waals surface area contributed by atoms with Gasteiger partial charge in [0.1, 0.15) is 48.0 Å². The van der Waals surface area contributed by atoms with E-state index in [2.05, 4.69) is 38.6 Å². The van der Waals surface area contributed by atoms with Crippen molar-refractivity contribution in [3.63, 3.8) is 0 Å². The van der Waals surface area contributed by atoms with Gasteiger partial charge < -0.3 is 54.4 Å². The third-order valence-corrected chi connectivity index (χ3v) is 18.1. The minimum Gasteiger partial charge on any atom is -0.508 e. The highest BCUT2D eigenvalue weighted by Gasteiger charge is 2.51. The number of aliphatic hydroxyl groups is 1. The Morgan fingerprint density at radius 1 is 0.963 bits per heavy atom. The standard InChI is InChI=1S/C61H71FN12O8/c1-5-38-8-6-9-40-24-44(75)25-46(52(38)40)54-53(62)55-47(29-64-54)56(72-30-41-14-15-42(31-72)66-41)68-59(67-55)81-34-61-17-7-19-74(61)43(16-18-61)33-80-60(79)71-22-20-70(21-23-71)50-27-49(82-69-50)51(35(2)3)58(78)73-32-45(76)26-48(73)57(77)65-36(4)39-12-10-37(28-63)11-13-39/h6,8-13,24-25,27,29,35-36,41-43,45,48,51,66,75-76H,5,7,14-23,26,30-34H2,1-4H3,(H,65,77)/t36?,41?,42?,43-,45+,48-,51?,61+/m0/s1. The van der Waals surface area contributed by atoms with Crippen LogP contribution in [0, 0.1) is 23.1 Å². The maximum absolute atomic E-state index is 17.3. The number of aromatic nitrogens is 4. The molecule has 2 bridgehead atoms. The molecule has 6 aliphatic heterocycles. The Balaban J connectivity index is 0.680. The van der Waals surface area contributed by atoms with Crippen LogP contribution in [-0.2, 0) is 20.7 Å². The van der Waals surface area contributed by atoms with E-state index >= 15 is 4.39 Å². The van der Waals surface area contributed by atoms with Gasteiger partial charge in [-0.05, 0) is 110 Å². The van der Waals surface area contributed by atoms with Crippen molar-refractivity contribution >= 4 is 51.2 Å². The number of fused-ring (bicyclic) bond motifs is 5. The van der Waals surface area contributed by atoms with Crippen molar-refractivity contribution in [3.05, 3.63) is 95.1 Å². The van der Waals surface area contributed by atoms with Crippen LogP contribution in [0.5, 0.6) is 11.8 Å². The molecule has 8 atom stereocenters. The minimum atomic E-state index is -0.889. The second-order valence-corrected chi connectivity index (χ2v) is 23.6. The number of anilines is 2. The van der Waals surface area contributed by atoms with Crippen LogP contribution in [0.15, 0.2) is 71.4 Å². The highest BCUT2D eigenvalue weighted by atomic mass is 19.1. The number of amides is 3. The number of aromatic hydroxyl groups is 1. The number of likely N-dealkylation sites (tertiary alicyclic amines) is 1. The predicted molar refractivity (Wildman–Crippen MR) is 304 cm³/mol. The summed E-state index contributed by atoms with van der Waals surface area (Å²) in [6.45, 7) is 12.1. The molecule has 3 aromatic carbocycles. The second-order valence-electron chi connectivity index (χ2n) is 23.6. The summed E-state index contributed by atoms with van der Waals surface area (Å²) in [6.07, 6.45) is 6.77. The fourth-order valence-corrected chi connectivity index (χ4v) is 13.9. The van der Waals surface area contributed by atoms with Crippen LogP contribution in [0.3, 0.4) is 0 Å². The average molecular weight is 1120 g/mol. The summed E-state index contributed by atoms with van der Waals surface area (Å²) < 4.78 is 35.9. The molecule has 6 aliphatic rings. The molecule has 3 aromatic heterocycles. The Morgan fingerprint density at radius 3 is 2.49 bits per heavy atom. The van der Waals surface area contributed by atoms with Gasteiger partial charge in [0.25, 0.3) is 0 Å². The lowest BCUT2D eigenvalue weighted by atomic mass is 9.91. The molecule has 4 unspecified atom stereocenters. The number of phenolic OH excluding ortho intramolecular Hbond substituents is 1. The van der Waals surface area contributed by atoms with Crippen LogP contribution in [0.1, 0.15) is 107 Å². The number of nitrogens with zero attached hydrogens (tertiary/aromatic N) is 10. The molecule has 6 saturated heterocycles. The van der Waals surface area contributed by atoms with Gasteiger partial charge in [0.05, 0.1) is 34.7 Å². The van der Waals surface area contributed by atoms with Gasteiger partial charge in [-0.25, -0.2) is 9.18 Å². The van der Waals surface area contributed by atoms with Crippen molar-refractivity contribution in [2.75, 3.05) is 75.4 Å². The lowest BCUT2D eigenvalue weighted by Crippen LogP contribution is -2.51. The maximum Gasteiger partial charge on any atom is 0.409 e. The summed E-state index contributed by atoms with van der Waals surface area (Å²) in [7, 11) is 0. The lowest BCUT2D eigenvalue weighted by Gasteiger charge is -2.36. The van der Waals surface area contributed by atoms with Crippen molar-refractivity contribution in [2.24, 2.45) is 5.92 Å². The topological polar surface area (TPSA) is 239 Å². The van der Waals surface area contributed by atoms with E-state index in [0.717, 1.165) is 67.0 Å². The third-order valence-electron chi connectivity index (χ3n) is 18.1. The fourth-order valence-electron chi connectivity index (χ4n) is 13.9. The Labute approximate surface area is 475 Å². The first kappa shape index (κ1) is 54.9. The number of benzene rings is 3. The van der Waals surface area contributed by atoms with Crippen molar-refractivity contribution in [1.29, 1.82) is 5.26 Å². The number of carbonyl (C=O) groups excluding carboxylic acids is 3. The number of β-amino-alcohol motifs (C(OH)–C–C–N with tert-alkyl or cyclic N) is 1. The second kappa shape index (κ2) is 22.6. The normalized spacial score (nSPS) is 24.3. The van der Waals surface area contributed by atoms with Gasteiger partial charge >= 0.3 is 12.1 Å².